The van der Waals surface area contributed by atoms with Gasteiger partial charge in [0.2, 0.25) is 5.91 Å². The lowest BCUT2D eigenvalue weighted by atomic mass is 9.77. The fraction of sp³-hybridized carbons (Fsp3) is 0.818. The summed E-state index contributed by atoms with van der Waals surface area (Å²) >= 11 is 0. The molecule has 16 heavy (non-hydrogen) atoms. The highest BCUT2D eigenvalue weighted by atomic mass is 16.4. The zero-order chi connectivity index (χ0) is 12.3. The van der Waals surface area contributed by atoms with Crippen molar-refractivity contribution >= 4 is 11.9 Å². The van der Waals surface area contributed by atoms with Crippen LogP contribution in [-0.2, 0) is 9.59 Å². The number of amides is 1. The molecular weight excluding hydrogens is 208 g/mol. The molecule has 0 saturated carbocycles. The summed E-state index contributed by atoms with van der Waals surface area (Å²) in [4.78, 5) is 22.5. The maximum Gasteiger partial charge on any atom is 0.325 e. The Bertz CT molecular complexity index is 289. The molecule has 1 rings (SSSR count). The van der Waals surface area contributed by atoms with Crippen molar-refractivity contribution in [2.75, 3.05) is 6.54 Å². The lowest BCUT2D eigenvalue weighted by Gasteiger charge is -2.38. The van der Waals surface area contributed by atoms with E-state index in [1.807, 2.05) is 13.8 Å². The Hall–Kier alpha value is -1.10. The van der Waals surface area contributed by atoms with Gasteiger partial charge >= 0.3 is 5.97 Å². The number of aliphatic carboxylic acids is 1. The third-order valence-electron chi connectivity index (χ3n) is 3.12. The fourth-order valence-corrected chi connectivity index (χ4v) is 2.02. The van der Waals surface area contributed by atoms with Gasteiger partial charge in [0.05, 0.1) is 6.04 Å². The van der Waals surface area contributed by atoms with E-state index in [0.717, 1.165) is 19.4 Å². The molecule has 0 spiro atoms. The van der Waals surface area contributed by atoms with Crippen molar-refractivity contribution in [3.05, 3.63) is 0 Å². The zero-order valence-corrected chi connectivity index (χ0v) is 10.0. The number of hydrogen-bond acceptors (Lipinski definition) is 3. The second kappa shape index (κ2) is 4.82. The van der Waals surface area contributed by atoms with E-state index >= 15 is 0 Å². The summed E-state index contributed by atoms with van der Waals surface area (Å²) in [6, 6.07) is -1.14. The van der Waals surface area contributed by atoms with Crippen molar-refractivity contribution in [3.8, 4) is 0 Å². The van der Waals surface area contributed by atoms with Crippen molar-refractivity contribution < 1.29 is 14.7 Å². The summed E-state index contributed by atoms with van der Waals surface area (Å²) in [7, 11) is 0. The van der Waals surface area contributed by atoms with E-state index in [2.05, 4.69) is 10.6 Å². The van der Waals surface area contributed by atoms with Gasteiger partial charge in [0.25, 0.3) is 0 Å². The summed E-state index contributed by atoms with van der Waals surface area (Å²) in [5, 5.41) is 14.4. The molecule has 1 amide bonds. The number of piperidine rings is 1. The van der Waals surface area contributed by atoms with Crippen LogP contribution in [0.1, 0.15) is 33.6 Å². The molecule has 0 aromatic carbocycles. The van der Waals surface area contributed by atoms with Gasteiger partial charge in [-0.25, -0.2) is 0 Å². The van der Waals surface area contributed by atoms with Crippen LogP contribution < -0.4 is 10.6 Å². The molecule has 5 nitrogen and oxygen atoms in total. The SMILES string of the molecule is C[C@@H](NC(=O)C1NCCCC1(C)C)C(=O)O. The van der Waals surface area contributed by atoms with Gasteiger partial charge in [-0.05, 0) is 31.7 Å². The van der Waals surface area contributed by atoms with Gasteiger partial charge in [-0.1, -0.05) is 13.8 Å². The molecule has 0 aromatic heterocycles. The highest BCUT2D eigenvalue weighted by Gasteiger charge is 2.37. The van der Waals surface area contributed by atoms with Crippen molar-refractivity contribution in [1.29, 1.82) is 0 Å². The molecule has 1 aliphatic rings. The molecule has 3 N–H and O–H groups in total. The predicted molar refractivity (Wildman–Crippen MR) is 60.0 cm³/mol. The third-order valence-corrected chi connectivity index (χ3v) is 3.12. The van der Waals surface area contributed by atoms with Gasteiger partial charge in [-0.3, -0.25) is 9.59 Å². The average Bonchev–Trinajstić information content (AvgIpc) is 2.16. The molecule has 0 aliphatic carbocycles. The van der Waals surface area contributed by atoms with Crippen LogP contribution in [0.25, 0.3) is 0 Å². The fourth-order valence-electron chi connectivity index (χ4n) is 2.02. The number of hydrogen-bond donors (Lipinski definition) is 3. The van der Waals surface area contributed by atoms with Crippen LogP contribution in [0, 0.1) is 5.41 Å². The van der Waals surface area contributed by atoms with Crippen LogP contribution in [0.4, 0.5) is 0 Å². The van der Waals surface area contributed by atoms with E-state index in [1.165, 1.54) is 6.92 Å². The summed E-state index contributed by atoms with van der Waals surface area (Å²) in [5.74, 6) is -1.23. The third kappa shape index (κ3) is 2.95. The number of carboxylic acids is 1. The molecule has 5 heteroatoms. The first-order valence-electron chi connectivity index (χ1n) is 5.61. The number of carbonyl (C=O) groups is 2. The topological polar surface area (TPSA) is 78.4 Å². The Morgan fingerprint density at radius 3 is 2.62 bits per heavy atom. The molecular formula is C11H20N2O3. The Morgan fingerprint density at radius 2 is 2.12 bits per heavy atom. The largest absolute Gasteiger partial charge is 0.480 e. The monoisotopic (exact) mass is 228 g/mol. The van der Waals surface area contributed by atoms with Gasteiger partial charge in [0.15, 0.2) is 0 Å². The van der Waals surface area contributed by atoms with E-state index in [-0.39, 0.29) is 17.4 Å². The normalized spacial score (nSPS) is 25.8. The van der Waals surface area contributed by atoms with Gasteiger partial charge < -0.3 is 15.7 Å². The molecule has 0 aromatic rings. The van der Waals surface area contributed by atoms with E-state index in [1.54, 1.807) is 0 Å². The van der Waals surface area contributed by atoms with Gasteiger partial charge in [-0.15, -0.1) is 0 Å². The van der Waals surface area contributed by atoms with E-state index in [4.69, 9.17) is 5.11 Å². The summed E-state index contributed by atoms with van der Waals surface area (Å²) in [6.07, 6.45) is 2.02. The minimum atomic E-state index is -1.01. The van der Waals surface area contributed by atoms with Crippen molar-refractivity contribution in [2.24, 2.45) is 5.41 Å². The molecule has 0 bridgehead atoms. The Morgan fingerprint density at radius 1 is 1.50 bits per heavy atom. The minimum Gasteiger partial charge on any atom is -0.480 e. The predicted octanol–water partition coefficient (Wildman–Crippen LogP) is 0.354. The van der Waals surface area contributed by atoms with Crippen molar-refractivity contribution in [3.63, 3.8) is 0 Å². The first-order chi connectivity index (χ1) is 7.34. The lowest BCUT2D eigenvalue weighted by molar-refractivity contribution is -0.142. The average molecular weight is 228 g/mol. The Balaban J connectivity index is 2.62. The second-order valence-electron chi connectivity index (χ2n) is 5.05. The van der Waals surface area contributed by atoms with Gasteiger partial charge in [0, 0.05) is 0 Å². The maximum absolute atomic E-state index is 11.9. The highest BCUT2D eigenvalue weighted by Crippen LogP contribution is 2.30. The van der Waals surface area contributed by atoms with Crippen LogP contribution in [0.2, 0.25) is 0 Å². The number of nitrogens with one attached hydrogen (secondary N) is 2. The first kappa shape index (κ1) is 13.0. The van der Waals surface area contributed by atoms with Gasteiger partial charge in [-0.2, -0.15) is 0 Å². The first-order valence-corrected chi connectivity index (χ1v) is 5.61. The van der Waals surface area contributed by atoms with Crippen molar-refractivity contribution in [1.82, 2.24) is 10.6 Å². The summed E-state index contributed by atoms with van der Waals surface area (Å²) < 4.78 is 0. The molecule has 1 aliphatic heterocycles. The molecule has 1 heterocycles. The van der Waals surface area contributed by atoms with Crippen LogP contribution in [-0.4, -0.2) is 35.6 Å². The molecule has 1 fully saturated rings. The van der Waals surface area contributed by atoms with Crippen molar-refractivity contribution in [2.45, 2.75) is 45.7 Å². The van der Waals surface area contributed by atoms with E-state index in [0.29, 0.717) is 0 Å². The maximum atomic E-state index is 11.9. The van der Waals surface area contributed by atoms with Crippen LogP contribution >= 0.6 is 0 Å². The van der Waals surface area contributed by atoms with Gasteiger partial charge in [0.1, 0.15) is 6.04 Å². The number of carboxylic acid groups (broad SMARTS) is 1. The molecule has 1 unspecified atom stereocenters. The Kier molecular flexibility index (Phi) is 3.91. The second-order valence-corrected chi connectivity index (χ2v) is 5.05. The van der Waals surface area contributed by atoms with Crippen LogP contribution in [0.15, 0.2) is 0 Å². The highest BCUT2D eigenvalue weighted by molar-refractivity contribution is 5.87. The van der Waals surface area contributed by atoms with Crippen LogP contribution in [0.5, 0.6) is 0 Å². The molecule has 0 radical (unpaired) electrons. The number of carbonyl (C=O) groups excluding carboxylic acids is 1. The number of rotatable bonds is 3. The zero-order valence-electron chi connectivity index (χ0n) is 10.0. The quantitative estimate of drug-likeness (QED) is 0.651. The lowest BCUT2D eigenvalue weighted by Crippen LogP contribution is -2.57. The molecule has 1 saturated heterocycles. The van der Waals surface area contributed by atoms with E-state index in [9.17, 15) is 9.59 Å². The summed E-state index contributed by atoms with van der Waals surface area (Å²) in [5.41, 5.74) is -0.124. The standard InChI is InChI=1S/C11H20N2O3/c1-7(10(15)16)13-9(14)8-11(2,3)5-4-6-12-8/h7-8,12H,4-6H2,1-3H3,(H,13,14)(H,15,16)/t7-,8?/m1/s1. The Labute approximate surface area is 95.6 Å². The van der Waals surface area contributed by atoms with E-state index < -0.39 is 12.0 Å². The summed E-state index contributed by atoms with van der Waals surface area (Å²) in [6.45, 7) is 6.32. The van der Waals surface area contributed by atoms with Crippen LogP contribution in [0.3, 0.4) is 0 Å². The molecule has 92 valence electrons. The molecule has 2 atom stereocenters. The smallest absolute Gasteiger partial charge is 0.325 e. The minimum absolute atomic E-state index is 0.124.